The molecule has 132 valence electrons. The number of carbonyl (C=O) groups excluding carboxylic acids is 1. The lowest BCUT2D eigenvalue weighted by Crippen LogP contribution is -2.11. The van der Waals surface area contributed by atoms with Crippen LogP contribution in [0, 0.1) is 0 Å². The molecule has 27 heavy (non-hydrogen) atoms. The monoisotopic (exact) mass is 394 g/mol. The van der Waals surface area contributed by atoms with Crippen molar-refractivity contribution in [1.82, 2.24) is 25.1 Å². The van der Waals surface area contributed by atoms with Crippen molar-refractivity contribution in [2.75, 3.05) is 5.32 Å². The van der Waals surface area contributed by atoms with Gasteiger partial charge in [0, 0.05) is 27.2 Å². The van der Waals surface area contributed by atoms with E-state index < -0.39 is 0 Å². The van der Waals surface area contributed by atoms with Gasteiger partial charge >= 0.3 is 0 Å². The van der Waals surface area contributed by atoms with Gasteiger partial charge in [0.15, 0.2) is 5.69 Å². The maximum atomic E-state index is 12.4. The molecule has 8 nitrogen and oxygen atoms in total. The summed E-state index contributed by atoms with van der Waals surface area (Å²) in [5, 5.41) is 15.2. The molecule has 0 aliphatic heterocycles. The molecule has 0 bridgehead atoms. The smallest absolute Gasteiger partial charge is 0.276 e. The zero-order chi connectivity index (χ0) is 18.4. The number of amides is 1. The molecule has 1 aromatic carbocycles. The van der Waals surface area contributed by atoms with Gasteiger partial charge in [-0.3, -0.25) is 14.9 Å². The summed E-state index contributed by atoms with van der Waals surface area (Å²) in [5.41, 5.74) is 4.96. The van der Waals surface area contributed by atoms with E-state index in [9.17, 15) is 9.59 Å². The molecule has 0 fully saturated rings. The topological polar surface area (TPSA) is 116 Å². The number of aromatic nitrogens is 5. The van der Waals surface area contributed by atoms with Gasteiger partial charge in [-0.05, 0) is 24.3 Å². The van der Waals surface area contributed by atoms with Crippen molar-refractivity contribution in [3.63, 3.8) is 0 Å². The highest BCUT2D eigenvalue weighted by molar-refractivity contribution is 7.13. The van der Waals surface area contributed by atoms with Gasteiger partial charge in [-0.25, -0.2) is 4.98 Å². The fourth-order valence-corrected chi connectivity index (χ4v) is 3.94. The first kappa shape index (κ1) is 15.9. The predicted octanol–water partition coefficient (Wildman–Crippen LogP) is 3.24. The molecular weight excluding hydrogens is 384 g/mol. The third kappa shape index (κ3) is 2.80. The van der Waals surface area contributed by atoms with Crippen LogP contribution in [0.2, 0.25) is 0 Å². The van der Waals surface area contributed by atoms with Crippen molar-refractivity contribution in [3.8, 4) is 11.4 Å². The molecule has 4 heterocycles. The summed E-state index contributed by atoms with van der Waals surface area (Å²) in [4.78, 5) is 35.2. The third-order valence-corrected chi connectivity index (χ3v) is 5.39. The number of anilines is 1. The van der Waals surface area contributed by atoms with Crippen LogP contribution in [0.1, 0.15) is 10.4 Å². The molecule has 5 rings (SSSR count). The lowest BCUT2D eigenvalue weighted by atomic mass is 10.1. The predicted molar refractivity (Wildman–Crippen MR) is 105 cm³/mol. The largest absolute Gasteiger partial charge is 0.353 e. The number of H-pyrrole nitrogens is 2. The van der Waals surface area contributed by atoms with Crippen molar-refractivity contribution in [3.05, 3.63) is 56.5 Å². The van der Waals surface area contributed by atoms with Gasteiger partial charge in [0.25, 0.3) is 11.5 Å². The van der Waals surface area contributed by atoms with Crippen LogP contribution in [0.25, 0.3) is 33.3 Å². The molecule has 3 N–H and O–H groups in total. The van der Waals surface area contributed by atoms with Crippen molar-refractivity contribution in [2.24, 2.45) is 0 Å². The molecule has 5 aromatic rings. The van der Waals surface area contributed by atoms with E-state index in [0.29, 0.717) is 22.1 Å². The highest BCUT2D eigenvalue weighted by Crippen LogP contribution is 2.24. The maximum absolute atomic E-state index is 12.4. The van der Waals surface area contributed by atoms with Gasteiger partial charge in [-0.2, -0.15) is 0 Å². The van der Waals surface area contributed by atoms with Crippen LogP contribution >= 0.6 is 22.7 Å². The number of hydrogen-bond acceptors (Lipinski definition) is 7. The SMILES string of the molecule is O=C(Nc1nncs1)c1ccc2[nH]c(-c3nc4cscc4[nH]c3=O)cc2c1. The highest BCUT2D eigenvalue weighted by atomic mass is 32.1. The third-order valence-electron chi connectivity index (χ3n) is 4.06. The maximum Gasteiger partial charge on any atom is 0.276 e. The summed E-state index contributed by atoms with van der Waals surface area (Å²) in [7, 11) is 0. The first-order valence-corrected chi connectivity index (χ1v) is 9.66. The summed E-state index contributed by atoms with van der Waals surface area (Å²) in [6.45, 7) is 0. The molecule has 4 aromatic heterocycles. The average molecular weight is 394 g/mol. The van der Waals surface area contributed by atoms with E-state index in [1.807, 2.05) is 16.8 Å². The molecule has 10 heteroatoms. The number of nitrogens with one attached hydrogen (secondary N) is 3. The number of carbonyl (C=O) groups is 1. The van der Waals surface area contributed by atoms with Crippen LogP contribution in [0.4, 0.5) is 5.13 Å². The van der Waals surface area contributed by atoms with Gasteiger partial charge in [-0.15, -0.1) is 21.5 Å². The van der Waals surface area contributed by atoms with Crippen molar-refractivity contribution < 1.29 is 4.79 Å². The number of rotatable bonds is 3. The Balaban J connectivity index is 1.54. The van der Waals surface area contributed by atoms with Crippen molar-refractivity contribution >= 4 is 55.6 Å². The Labute approximate surface area is 158 Å². The summed E-state index contributed by atoms with van der Waals surface area (Å²) < 4.78 is 0. The molecule has 0 saturated carbocycles. The van der Waals surface area contributed by atoms with E-state index in [1.54, 1.807) is 23.7 Å². The Morgan fingerprint density at radius 2 is 2.04 bits per heavy atom. The van der Waals surface area contributed by atoms with E-state index in [0.717, 1.165) is 21.9 Å². The molecular formula is C17H10N6O2S2. The van der Waals surface area contributed by atoms with Gasteiger partial charge in [0.1, 0.15) is 5.51 Å². The second-order valence-electron chi connectivity index (χ2n) is 5.77. The minimum Gasteiger partial charge on any atom is -0.353 e. The van der Waals surface area contributed by atoms with Crippen LogP contribution in [0.15, 0.2) is 45.3 Å². The Bertz CT molecular complexity index is 1350. The lowest BCUT2D eigenvalue weighted by molar-refractivity contribution is 0.102. The average Bonchev–Trinajstić information content (AvgIpc) is 3.40. The molecule has 0 atom stereocenters. The Morgan fingerprint density at radius 1 is 1.11 bits per heavy atom. The summed E-state index contributed by atoms with van der Waals surface area (Å²) in [6, 6.07) is 7.07. The van der Waals surface area contributed by atoms with Gasteiger partial charge in [0.05, 0.1) is 16.7 Å². The minimum absolute atomic E-state index is 0.262. The fourth-order valence-electron chi connectivity index (χ4n) is 2.80. The number of thiophene rings is 1. The van der Waals surface area contributed by atoms with Gasteiger partial charge in [-0.1, -0.05) is 11.3 Å². The second-order valence-corrected chi connectivity index (χ2v) is 7.35. The number of hydrogen-bond donors (Lipinski definition) is 3. The van der Waals surface area contributed by atoms with Gasteiger partial charge in [0.2, 0.25) is 5.13 Å². The highest BCUT2D eigenvalue weighted by Gasteiger charge is 2.13. The quantitative estimate of drug-likeness (QED) is 0.434. The van der Waals surface area contributed by atoms with E-state index in [-0.39, 0.29) is 11.5 Å². The number of nitrogens with zero attached hydrogens (tertiary/aromatic N) is 3. The zero-order valence-corrected chi connectivity index (χ0v) is 15.1. The number of fused-ring (bicyclic) bond motifs is 2. The molecule has 1 amide bonds. The number of aromatic amines is 2. The molecule has 0 spiro atoms. The van der Waals surface area contributed by atoms with E-state index in [2.05, 4.69) is 30.5 Å². The zero-order valence-electron chi connectivity index (χ0n) is 13.5. The molecule has 0 aliphatic carbocycles. The van der Waals surface area contributed by atoms with Crippen molar-refractivity contribution in [1.29, 1.82) is 0 Å². The first-order valence-electron chi connectivity index (χ1n) is 7.84. The fraction of sp³-hybridized carbons (Fsp3) is 0. The first-order chi connectivity index (χ1) is 13.2. The molecule has 0 unspecified atom stereocenters. The van der Waals surface area contributed by atoms with Crippen molar-refractivity contribution in [2.45, 2.75) is 0 Å². The van der Waals surface area contributed by atoms with E-state index in [1.165, 1.54) is 22.7 Å². The van der Waals surface area contributed by atoms with Crippen LogP contribution < -0.4 is 10.9 Å². The summed E-state index contributed by atoms with van der Waals surface area (Å²) in [5.74, 6) is -0.271. The lowest BCUT2D eigenvalue weighted by Gasteiger charge is -2.01. The van der Waals surface area contributed by atoms with E-state index >= 15 is 0 Å². The Morgan fingerprint density at radius 3 is 2.89 bits per heavy atom. The van der Waals surface area contributed by atoms with Crippen LogP contribution in [0.3, 0.4) is 0 Å². The van der Waals surface area contributed by atoms with Crippen LogP contribution in [-0.2, 0) is 0 Å². The summed E-state index contributed by atoms with van der Waals surface area (Å²) in [6.07, 6.45) is 0. The molecule has 0 aliphatic rings. The standard InChI is InChI=1S/C17H10N6O2S2/c24-15(22-17-23-18-7-27-17)8-1-2-10-9(3-8)4-11(19-10)14-16(25)21-13-6-26-5-12(13)20-14/h1-7,19H,(H,21,25)(H,22,23,24). The van der Waals surface area contributed by atoms with E-state index in [4.69, 9.17) is 0 Å². The molecule has 0 saturated heterocycles. The minimum atomic E-state index is -0.271. The second kappa shape index (κ2) is 6.11. The van der Waals surface area contributed by atoms with Crippen LogP contribution in [0.5, 0.6) is 0 Å². The normalized spacial score (nSPS) is 11.3. The summed E-state index contributed by atoms with van der Waals surface area (Å²) >= 11 is 2.73. The Hall–Kier alpha value is -3.37. The van der Waals surface area contributed by atoms with Crippen LogP contribution in [-0.4, -0.2) is 31.1 Å². The molecule has 0 radical (unpaired) electrons. The number of benzene rings is 1. The Kier molecular flexibility index (Phi) is 3.59. The van der Waals surface area contributed by atoms with Gasteiger partial charge < -0.3 is 9.97 Å².